The van der Waals surface area contributed by atoms with Crippen LogP contribution in [-0.2, 0) is 11.3 Å². The Hall–Kier alpha value is -2.28. The standard InChI is InChI=1S/C19H24O6/c1-22-15-5-3-14(4-6-15)11-24-12-18(20)19(21)13-25-17-9-7-16(23-2)8-10-17/h3-10,18-21H,11-13H2,1-2H3/t18-,19+/m1/s1. The zero-order chi connectivity index (χ0) is 18.1. The van der Waals surface area contributed by atoms with Gasteiger partial charge in [-0.1, -0.05) is 12.1 Å². The van der Waals surface area contributed by atoms with Gasteiger partial charge in [-0.25, -0.2) is 0 Å². The van der Waals surface area contributed by atoms with Gasteiger partial charge in [0.15, 0.2) is 0 Å². The number of rotatable bonds is 10. The van der Waals surface area contributed by atoms with Crippen LogP contribution in [0.15, 0.2) is 48.5 Å². The molecule has 6 heteroatoms. The first-order valence-electron chi connectivity index (χ1n) is 7.96. The maximum Gasteiger partial charge on any atom is 0.119 e. The van der Waals surface area contributed by atoms with E-state index in [0.717, 1.165) is 17.1 Å². The smallest absolute Gasteiger partial charge is 0.119 e. The van der Waals surface area contributed by atoms with Gasteiger partial charge in [0.25, 0.3) is 0 Å². The first kappa shape index (κ1) is 19.1. The van der Waals surface area contributed by atoms with E-state index < -0.39 is 12.2 Å². The van der Waals surface area contributed by atoms with Crippen LogP contribution in [0.1, 0.15) is 5.56 Å². The van der Waals surface area contributed by atoms with Crippen LogP contribution in [0, 0.1) is 0 Å². The van der Waals surface area contributed by atoms with Crippen LogP contribution < -0.4 is 14.2 Å². The van der Waals surface area contributed by atoms with Crippen LogP contribution in [0.3, 0.4) is 0 Å². The van der Waals surface area contributed by atoms with Crippen molar-refractivity contribution in [3.63, 3.8) is 0 Å². The fraction of sp³-hybridized carbons (Fsp3) is 0.368. The molecule has 2 rings (SSSR count). The van der Waals surface area contributed by atoms with Gasteiger partial charge in [-0.05, 0) is 42.0 Å². The summed E-state index contributed by atoms with van der Waals surface area (Å²) in [6, 6.07) is 14.4. The molecule has 0 amide bonds. The van der Waals surface area contributed by atoms with Crippen LogP contribution in [0.5, 0.6) is 17.2 Å². The minimum Gasteiger partial charge on any atom is -0.497 e. The van der Waals surface area contributed by atoms with Crippen molar-refractivity contribution in [3.05, 3.63) is 54.1 Å². The fourth-order valence-corrected chi connectivity index (χ4v) is 2.09. The van der Waals surface area contributed by atoms with Gasteiger partial charge in [0.2, 0.25) is 0 Å². The predicted molar refractivity (Wildman–Crippen MR) is 93.2 cm³/mol. The summed E-state index contributed by atoms with van der Waals surface area (Å²) in [5.41, 5.74) is 0.956. The normalized spacial score (nSPS) is 13.1. The summed E-state index contributed by atoms with van der Waals surface area (Å²) < 4.78 is 21.0. The predicted octanol–water partition coefficient (Wildman–Crippen LogP) is 2.02. The quantitative estimate of drug-likeness (QED) is 0.684. The van der Waals surface area contributed by atoms with E-state index in [-0.39, 0.29) is 13.2 Å². The molecule has 6 nitrogen and oxygen atoms in total. The Labute approximate surface area is 147 Å². The van der Waals surface area contributed by atoms with Crippen molar-refractivity contribution in [1.82, 2.24) is 0 Å². The number of benzene rings is 2. The summed E-state index contributed by atoms with van der Waals surface area (Å²) in [4.78, 5) is 0. The number of hydrogen-bond donors (Lipinski definition) is 2. The van der Waals surface area contributed by atoms with E-state index in [2.05, 4.69) is 0 Å². The highest BCUT2D eigenvalue weighted by Crippen LogP contribution is 2.17. The van der Waals surface area contributed by atoms with Crippen LogP contribution >= 0.6 is 0 Å². The highest BCUT2D eigenvalue weighted by Gasteiger charge is 2.17. The molecule has 0 aliphatic heterocycles. The second-order valence-corrected chi connectivity index (χ2v) is 5.48. The zero-order valence-corrected chi connectivity index (χ0v) is 14.4. The van der Waals surface area contributed by atoms with E-state index in [9.17, 15) is 10.2 Å². The summed E-state index contributed by atoms with van der Waals surface area (Å²) in [5, 5.41) is 19.9. The Balaban J connectivity index is 1.69. The molecular weight excluding hydrogens is 324 g/mol. The summed E-state index contributed by atoms with van der Waals surface area (Å²) in [6.07, 6.45) is -2.07. The average Bonchev–Trinajstić information content (AvgIpc) is 2.66. The molecule has 0 aliphatic carbocycles. The van der Waals surface area contributed by atoms with Crippen molar-refractivity contribution >= 4 is 0 Å². The third kappa shape index (κ3) is 6.26. The Morgan fingerprint density at radius 2 is 1.20 bits per heavy atom. The van der Waals surface area contributed by atoms with Gasteiger partial charge in [0.1, 0.15) is 36.1 Å². The van der Waals surface area contributed by atoms with Crippen LogP contribution in [0.2, 0.25) is 0 Å². The summed E-state index contributed by atoms with van der Waals surface area (Å²) in [6.45, 7) is 0.325. The third-order valence-electron chi connectivity index (χ3n) is 3.64. The van der Waals surface area contributed by atoms with Crippen LogP contribution in [-0.4, -0.2) is 49.9 Å². The van der Waals surface area contributed by atoms with E-state index >= 15 is 0 Å². The van der Waals surface area contributed by atoms with Gasteiger partial charge in [0.05, 0.1) is 27.4 Å². The second-order valence-electron chi connectivity index (χ2n) is 5.48. The number of aliphatic hydroxyl groups excluding tert-OH is 2. The maximum atomic E-state index is 9.95. The molecule has 0 fully saturated rings. The Morgan fingerprint density at radius 1 is 0.720 bits per heavy atom. The van der Waals surface area contributed by atoms with Crippen molar-refractivity contribution < 1.29 is 29.2 Å². The third-order valence-corrected chi connectivity index (χ3v) is 3.64. The maximum absolute atomic E-state index is 9.95. The zero-order valence-electron chi connectivity index (χ0n) is 14.4. The van der Waals surface area contributed by atoms with Gasteiger partial charge < -0.3 is 29.2 Å². The lowest BCUT2D eigenvalue weighted by Crippen LogP contribution is -2.35. The molecule has 0 spiro atoms. The first-order chi connectivity index (χ1) is 12.1. The Morgan fingerprint density at radius 3 is 1.76 bits per heavy atom. The molecular formula is C19H24O6. The van der Waals surface area contributed by atoms with Crippen molar-refractivity contribution in [2.24, 2.45) is 0 Å². The average molecular weight is 348 g/mol. The molecule has 25 heavy (non-hydrogen) atoms. The molecule has 2 N–H and O–H groups in total. The molecule has 136 valence electrons. The molecule has 2 aromatic carbocycles. The molecule has 2 aromatic rings. The van der Waals surface area contributed by atoms with E-state index in [1.807, 2.05) is 24.3 Å². The lowest BCUT2D eigenvalue weighted by atomic mass is 10.2. The number of hydrogen-bond acceptors (Lipinski definition) is 6. The topological polar surface area (TPSA) is 77.4 Å². The lowest BCUT2D eigenvalue weighted by Gasteiger charge is -2.18. The Kier molecular flexibility index (Phi) is 7.53. The number of methoxy groups -OCH3 is 2. The summed E-state index contributed by atoms with van der Waals surface area (Å²) in [7, 11) is 3.19. The molecule has 2 atom stereocenters. The second kappa shape index (κ2) is 9.88. The van der Waals surface area contributed by atoms with Gasteiger partial charge in [0, 0.05) is 0 Å². The molecule has 0 aliphatic rings. The molecule has 0 radical (unpaired) electrons. The van der Waals surface area contributed by atoms with Gasteiger partial charge in [-0.15, -0.1) is 0 Å². The van der Waals surface area contributed by atoms with Crippen molar-refractivity contribution in [3.8, 4) is 17.2 Å². The molecule has 0 saturated carbocycles. The number of aliphatic hydroxyl groups is 2. The highest BCUT2D eigenvalue weighted by atomic mass is 16.5. The van der Waals surface area contributed by atoms with E-state index in [1.165, 1.54) is 0 Å². The molecule has 0 bridgehead atoms. The van der Waals surface area contributed by atoms with E-state index in [4.69, 9.17) is 18.9 Å². The van der Waals surface area contributed by atoms with Crippen LogP contribution in [0.4, 0.5) is 0 Å². The highest BCUT2D eigenvalue weighted by molar-refractivity contribution is 5.31. The van der Waals surface area contributed by atoms with E-state index in [1.54, 1.807) is 38.5 Å². The van der Waals surface area contributed by atoms with Crippen molar-refractivity contribution in [2.75, 3.05) is 27.4 Å². The number of ether oxygens (including phenoxy) is 4. The SMILES string of the molecule is COc1ccc(COC[C@@H](O)[C@@H](O)COc2ccc(OC)cc2)cc1. The van der Waals surface area contributed by atoms with Gasteiger partial charge >= 0.3 is 0 Å². The van der Waals surface area contributed by atoms with Crippen molar-refractivity contribution in [1.29, 1.82) is 0 Å². The Bertz CT molecular complexity index is 611. The van der Waals surface area contributed by atoms with Crippen molar-refractivity contribution in [2.45, 2.75) is 18.8 Å². The monoisotopic (exact) mass is 348 g/mol. The minimum absolute atomic E-state index is 0.0131. The molecule has 0 aromatic heterocycles. The first-order valence-corrected chi connectivity index (χ1v) is 7.96. The summed E-state index contributed by atoms with van der Waals surface area (Å²) >= 11 is 0. The summed E-state index contributed by atoms with van der Waals surface area (Å²) in [5.74, 6) is 2.08. The fourth-order valence-electron chi connectivity index (χ4n) is 2.09. The van der Waals surface area contributed by atoms with Gasteiger partial charge in [-0.2, -0.15) is 0 Å². The van der Waals surface area contributed by atoms with Crippen LogP contribution in [0.25, 0.3) is 0 Å². The van der Waals surface area contributed by atoms with Gasteiger partial charge in [-0.3, -0.25) is 0 Å². The lowest BCUT2D eigenvalue weighted by molar-refractivity contribution is -0.0564. The minimum atomic E-state index is -1.04. The van der Waals surface area contributed by atoms with E-state index in [0.29, 0.717) is 12.4 Å². The molecule has 0 heterocycles. The largest absolute Gasteiger partial charge is 0.497 e. The molecule has 0 saturated heterocycles. The molecule has 0 unspecified atom stereocenters.